The third kappa shape index (κ3) is 5.11. The van der Waals surface area contributed by atoms with Gasteiger partial charge >= 0.3 is 0 Å². The fourth-order valence-electron chi connectivity index (χ4n) is 3.32. The molecule has 0 aromatic heterocycles. The molecule has 32 heavy (non-hydrogen) atoms. The highest BCUT2D eigenvalue weighted by molar-refractivity contribution is 7.92. The highest BCUT2D eigenvalue weighted by Gasteiger charge is 2.29. The molecule has 3 rings (SSSR count). The first-order chi connectivity index (χ1) is 15.1. The van der Waals surface area contributed by atoms with Crippen molar-refractivity contribution in [2.75, 3.05) is 23.3 Å². The van der Waals surface area contributed by atoms with Gasteiger partial charge < -0.3 is 10.1 Å². The Labute approximate surface area is 189 Å². The molecule has 6 nitrogen and oxygen atoms in total. The van der Waals surface area contributed by atoms with Crippen LogP contribution in [0, 0.1) is 27.7 Å². The second-order valence-electron chi connectivity index (χ2n) is 7.87. The molecule has 0 fully saturated rings. The van der Waals surface area contributed by atoms with Crippen LogP contribution in [0.15, 0.2) is 65.6 Å². The monoisotopic (exact) mass is 452 g/mol. The fraction of sp³-hybridized carbons (Fsp3) is 0.240. The molecule has 0 heterocycles. The number of aryl methyl sites for hydroxylation is 4. The largest absolute Gasteiger partial charge is 0.495 e. The Hall–Kier alpha value is -3.32. The Morgan fingerprint density at radius 2 is 1.47 bits per heavy atom. The second kappa shape index (κ2) is 9.44. The average Bonchev–Trinajstić information content (AvgIpc) is 2.75. The van der Waals surface area contributed by atoms with E-state index < -0.39 is 22.5 Å². The highest BCUT2D eigenvalue weighted by atomic mass is 32.2. The van der Waals surface area contributed by atoms with E-state index in [0.29, 0.717) is 17.1 Å². The van der Waals surface area contributed by atoms with Crippen LogP contribution in [-0.4, -0.2) is 28.0 Å². The molecule has 1 N–H and O–H groups in total. The van der Waals surface area contributed by atoms with Gasteiger partial charge in [-0.3, -0.25) is 9.10 Å². The third-order valence-electron chi connectivity index (χ3n) is 5.17. The number of benzene rings is 3. The first kappa shape index (κ1) is 23.3. The molecule has 0 radical (unpaired) electrons. The van der Waals surface area contributed by atoms with Crippen LogP contribution in [0.2, 0.25) is 0 Å². The smallest absolute Gasteiger partial charge is 0.264 e. The van der Waals surface area contributed by atoms with Gasteiger partial charge in [0.1, 0.15) is 12.3 Å². The van der Waals surface area contributed by atoms with Gasteiger partial charge in [0.2, 0.25) is 5.91 Å². The van der Waals surface area contributed by atoms with Gasteiger partial charge in [0.15, 0.2) is 0 Å². The van der Waals surface area contributed by atoms with Gasteiger partial charge in [0.05, 0.1) is 17.7 Å². The first-order valence-corrected chi connectivity index (χ1v) is 11.7. The Kier molecular flexibility index (Phi) is 6.89. The van der Waals surface area contributed by atoms with Crippen LogP contribution < -0.4 is 14.4 Å². The lowest BCUT2D eigenvalue weighted by Gasteiger charge is -2.26. The summed E-state index contributed by atoms with van der Waals surface area (Å²) in [4.78, 5) is 13.1. The van der Waals surface area contributed by atoms with Crippen molar-refractivity contribution in [2.45, 2.75) is 32.6 Å². The maximum Gasteiger partial charge on any atom is 0.264 e. The van der Waals surface area contributed by atoms with Crippen LogP contribution in [0.5, 0.6) is 5.75 Å². The van der Waals surface area contributed by atoms with Crippen LogP contribution >= 0.6 is 0 Å². The molecule has 0 bridgehead atoms. The quantitative estimate of drug-likeness (QED) is 0.561. The summed E-state index contributed by atoms with van der Waals surface area (Å²) < 4.78 is 33.8. The summed E-state index contributed by atoms with van der Waals surface area (Å²) in [5.41, 5.74) is 4.64. The van der Waals surface area contributed by atoms with Crippen LogP contribution in [0.4, 0.5) is 11.4 Å². The number of rotatable bonds is 7. The van der Waals surface area contributed by atoms with E-state index in [2.05, 4.69) is 5.32 Å². The lowest BCUT2D eigenvalue weighted by molar-refractivity contribution is -0.114. The van der Waals surface area contributed by atoms with Crippen molar-refractivity contribution in [3.8, 4) is 5.75 Å². The summed E-state index contributed by atoms with van der Waals surface area (Å²) in [6.07, 6.45) is 0. The molecule has 0 aliphatic heterocycles. The minimum absolute atomic E-state index is 0.103. The van der Waals surface area contributed by atoms with Gasteiger partial charge in [-0.1, -0.05) is 35.9 Å². The lowest BCUT2D eigenvalue weighted by Crippen LogP contribution is -2.38. The Balaban J connectivity index is 2.05. The topological polar surface area (TPSA) is 75.7 Å². The first-order valence-electron chi connectivity index (χ1n) is 10.2. The van der Waals surface area contributed by atoms with Crippen molar-refractivity contribution in [2.24, 2.45) is 0 Å². The van der Waals surface area contributed by atoms with Crippen LogP contribution in [0.25, 0.3) is 0 Å². The summed E-state index contributed by atoms with van der Waals surface area (Å²) in [6.45, 7) is 7.16. The standard InChI is InChI=1S/C25H28N2O4S/c1-17-7-11-21(12-8-17)32(29,30)27(23-15-19(3)9-13-24(23)31-5)16-25(28)26-22-14-18(2)6-10-20(22)4/h6-15H,16H2,1-5H3,(H,26,28). The number of ether oxygens (including phenoxy) is 1. The van der Waals surface area contributed by atoms with Crippen molar-refractivity contribution in [3.05, 3.63) is 82.9 Å². The third-order valence-corrected chi connectivity index (χ3v) is 6.94. The molecule has 3 aromatic rings. The van der Waals surface area contributed by atoms with E-state index in [4.69, 9.17) is 4.74 Å². The summed E-state index contributed by atoms with van der Waals surface area (Å²) in [5, 5.41) is 2.85. The molecule has 1 amide bonds. The average molecular weight is 453 g/mol. The predicted octanol–water partition coefficient (Wildman–Crippen LogP) is 4.76. The molecule has 0 atom stereocenters. The number of amides is 1. The van der Waals surface area contributed by atoms with E-state index in [0.717, 1.165) is 26.6 Å². The van der Waals surface area contributed by atoms with E-state index in [9.17, 15) is 13.2 Å². The minimum Gasteiger partial charge on any atom is -0.495 e. The number of hydrogen-bond donors (Lipinski definition) is 1. The molecule has 0 aliphatic rings. The summed E-state index contributed by atoms with van der Waals surface area (Å²) in [5.74, 6) is -0.0798. The maximum absolute atomic E-state index is 13.6. The van der Waals surface area contributed by atoms with Crippen molar-refractivity contribution >= 4 is 27.3 Å². The molecule has 0 saturated carbocycles. The van der Waals surface area contributed by atoms with Crippen molar-refractivity contribution in [1.29, 1.82) is 0 Å². The molecule has 3 aromatic carbocycles. The number of carbonyl (C=O) groups is 1. The zero-order valence-corrected chi connectivity index (χ0v) is 19.8. The van der Waals surface area contributed by atoms with E-state index in [1.54, 1.807) is 36.4 Å². The Morgan fingerprint density at radius 1 is 0.875 bits per heavy atom. The molecular weight excluding hydrogens is 424 g/mol. The van der Waals surface area contributed by atoms with E-state index in [-0.39, 0.29) is 4.90 Å². The maximum atomic E-state index is 13.6. The molecule has 168 valence electrons. The Bertz CT molecular complexity index is 1240. The fourth-order valence-corrected chi connectivity index (χ4v) is 4.75. The van der Waals surface area contributed by atoms with Crippen LogP contribution in [-0.2, 0) is 14.8 Å². The van der Waals surface area contributed by atoms with Gasteiger partial charge in [-0.25, -0.2) is 8.42 Å². The predicted molar refractivity (Wildman–Crippen MR) is 128 cm³/mol. The summed E-state index contributed by atoms with van der Waals surface area (Å²) >= 11 is 0. The van der Waals surface area contributed by atoms with Crippen LogP contribution in [0.3, 0.4) is 0 Å². The van der Waals surface area contributed by atoms with E-state index in [1.807, 2.05) is 52.0 Å². The van der Waals surface area contributed by atoms with Gasteiger partial charge in [0, 0.05) is 5.69 Å². The Morgan fingerprint density at radius 3 is 2.12 bits per heavy atom. The molecule has 0 spiro atoms. The van der Waals surface area contributed by atoms with Gasteiger partial charge in [-0.05, 0) is 74.7 Å². The molecule has 0 aliphatic carbocycles. The molecule has 7 heteroatoms. The van der Waals surface area contributed by atoms with Gasteiger partial charge in [0.25, 0.3) is 10.0 Å². The van der Waals surface area contributed by atoms with E-state index in [1.165, 1.54) is 7.11 Å². The number of nitrogens with one attached hydrogen (secondary N) is 1. The van der Waals surface area contributed by atoms with Crippen molar-refractivity contribution in [3.63, 3.8) is 0 Å². The minimum atomic E-state index is -4.03. The van der Waals surface area contributed by atoms with E-state index >= 15 is 0 Å². The zero-order valence-electron chi connectivity index (χ0n) is 19.0. The normalized spacial score (nSPS) is 11.2. The van der Waals surface area contributed by atoms with Crippen molar-refractivity contribution in [1.82, 2.24) is 0 Å². The number of methoxy groups -OCH3 is 1. The van der Waals surface area contributed by atoms with Crippen LogP contribution in [0.1, 0.15) is 22.3 Å². The number of anilines is 2. The van der Waals surface area contributed by atoms with Crippen molar-refractivity contribution < 1.29 is 17.9 Å². The number of carbonyl (C=O) groups excluding carboxylic acids is 1. The number of hydrogen-bond acceptors (Lipinski definition) is 4. The lowest BCUT2D eigenvalue weighted by atomic mass is 10.1. The number of nitrogens with zero attached hydrogens (tertiary/aromatic N) is 1. The zero-order chi connectivity index (χ0) is 23.5. The summed E-state index contributed by atoms with van der Waals surface area (Å²) in [7, 11) is -2.56. The van der Waals surface area contributed by atoms with Gasteiger partial charge in [-0.2, -0.15) is 0 Å². The molecule has 0 saturated heterocycles. The second-order valence-corrected chi connectivity index (χ2v) is 9.73. The highest BCUT2D eigenvalue weighted by Crippen LogP contribution is 2.33. The summed E-state index contributed by atoms with van der Waals surface area (Å²) in [6, 6.07) is 17.5. The molecule has 0 unspecified atom stereocenters. The number of sulfonamides is 1. The SMILES string of the molecule is COc1ccc(C)cc1N(CC(=O)Nc1cc(C)ccc1C)S(=O)(=O)c1ccc(C)cc1. The molecular formula is C25H28N2O4S. The van der Waals surface area contributed by atoms with Gasteiger partial charge in [-0.15, -0.1) is 0 Å².